The second-order valence-electron chi connectivity index (χ2n) is 9.20. The van der Waals surface area contributed by atoms with Crippen molar-refractivity contribution in [2.45, 2.75) is 32.5 Å². The Kier molecular flexibility index (Phi) is 9.18. The fourth-order valence-corrected chi connectivity index (χ4v) is 5.49. The Bertz CT molecular complexity index is 1410. The van der Waals surface area contributed by atoms with Gasteiger partial charge in [0, 0.05) is 38.6 Å². The zero-order chi connectivity index (χ0) is 29.2. The summed E-state index contributed by atoms with van der Waals surface area (Å²) in [5, 5.41) is 5.32. The second-order valence-corrected chi connectivity index (χ2v) is 11.0. The second kappa shape index (κ2) is 12.2. The summed E-state index contributed by atoms with van der Waals surface area (Å²) in [6, 6.07) is 0.0659. The first-order chi connectivity index (χ1) is 18.9. The minimum atomic E-state index is -4.70. The molecule has 0 saturated carbocycles. The number of piperazine rings is 1. The molecule has 0 bridgehead atoms. The zero-order valence-electron chi connectivity index (χ0n) is 21.8. The molecule has 1 aliphatic rings. The van der Waals surface area contributed by atoms with Crippen LogP contribution in [-0.4, -0.2) is 64.9 Å². The van der Waals surface area contributed by atoms with Gasteiger partial charge in [0.2, 0.25) is 0 Å². The molecular weight excluding hydrogens is 590 g/mol. The average molecular weight is 616 g/mol. The molecule has 1 saturated heterocycles. The summed E-state index contributed by atoms with van der Waals surface area (Å²) in [6.07, 6.45) is -0.394. The largest absolute Gasteiger partial charge is 0.418 e. The van der Waals surface area contributed by atoms with E-state index in [0.717, 1.165) is 43.7 Å². The van der Waals surface area contributed by atoms with E-state index in [-0.39, 0.29) is 15.7 Å². The number of nitrogens with zero attached hydrogens (tertiary/aromatic N) is 5. The number of carbonyl (C=O) groups excluding carboxylic acids is 2. The third-order valence-corrected chi connectivity index (χ3v) is 8.20. The van der Waals surface area contributed by atoms with Gasteiger partial charge in [0.05, 0.1) is 33.4 Å². The summed E-state index contributed by atoms with van der Waals surface area (Å²) in [6.45, 7) is 6.78. The molecule has 40 heavy (non-hydrogen) atoms. The molecule has 0 aliphatic carbocycles. The third kappa shape index (κ3) is 6.65. The Hall–Kier alpha value is -3.00. The lowest BCUT2D eigenvalue weighted by Crippen LogP contribution is -2.45. The Balaban J connectivity index is 1.48. The quantitative estimate of drug-likeness (QED) is 0.371. The van der Waals surface area contributed by atoms with Crippen LogP contribution in [-0.2, 0) is 12.6 Å². The number of thiazole rings is 1. The average Bonchev–Trinajstić information content (AvgIpc) is 3.40. The van der Waals surface area contributed by atoms with Crippen LogP contribution in [0.3, 0.4) is 0 Å². The van der Waals surface area contributed by atoms with Gasteiger partial charge in [-0.15, -0.1) is 11.3 Å². The van der Waals surface area contributed by atoms with Crippen LogP contribution in [0.1, 0.15) is 56.1 Å². The van der Waals surface area contributed by atoms with Crippen molar-refractivity contribution in [3.05, 3.63) is 61.3 Å². The van der Waals surface area contributed by atoms with Crippen molar-refractivity contribution < 1.29 is 22.8 Å². The molecule has 4 rings (SSSR count). The lowest BCUT2D eigenvalue weighted by molar-refractivity contribution is -0.137. The normalized spacial score (nSPS) is 15.2. The highest BCUT2D eigenvalue weighted by Crippen LogP contribution is 2.35. The lowest BCUT2D eigenvalue weighted by atomic mass is 10.1. The van der Waals surface area contributed by atoms with Gasteiger partial charge >= 0.3 is 6.18 Å². The smallest absolute Gasteiger partial charge is 0.353 e. The van der Waals surface area contributed by atoms with Crippen molar-refractivity contribution in [1.82, 2.24) is 25.2 Å². The van der Waals surface area contributed by atoms with E-state index in [1.165, 1.54) is 6.20 Å². The van der Waals surface area contributed by atoms with Crippen LogP contribution in [0, 0.1) is 0 Å². The van der Waals surface area contributed by atoms with Gasteiger partial charge in [-0.2, -0.15) is 13.2 Å². The molecule has 0 spiro atoms. The van der Waals surface area contributed by atoms with Crippen molar-refractivity contribution in [1.29, 1.82) is 0 Å². The maximum atomic E-state index is 13.4. The molecule has 214 valence electrons. The van der Waals surface area contributed by atoms with E-state index in [9.17, 15) is 22.8 Å². The first kappa shape index (κ1) is 30.0. The van der Waals surface area contributed by atoms with Crippen molar-refractivity contribution in [2.75, 3.05) is 43.4 Å². The fraction of sp³-hybridized carbons (Fsp3) is 0.400. The summed E-state index contributed by atoms with van der Waals surface area (Å²) >= 11 is 13.3. The first-order valence-corrected chi connectivity index (χ1v) is 13.9. The highest BCUT2D eigenvalue weighted by atomic mass is 35.5. The molecule has 9 nitrogen and oxygen atoms in total. The van der Waals surface area contributed by atoms with Crippen LogP contribution in [0.2, 0.25) is 10.0 Å². The van der Waals surface area contributed by atoms with Gasteiger partial charge < -0.3 is 20.4 Å². The maximum Gasteiger partial charge on any atom is 0.418 e. The minimum Gasteiger partial charge on any atom is -0.353 e. The molecular formula is C25H26Cl2F3N7O2S. The van der Waals surface area contributed by atoms with Gasteiger partial charge in [-0.25, -0.2) is 15.0 Å². The molecule has 1 aliphatic heterocycles. The van der Waals surface area contributed by atoms with E-state index in [0.29, 0.717) is 34.4 Å². The summed E-state index contributed by atoms with van der Waals surface area (Å²) < 4.78 is 39.4. The number of alkyl halides is 3. The number of halogens is 5. The number of amides is 2. The topological polar surface area (TPSA) is 103 Å². The van der Waals surface area contributed by atoms with Crippen LogP contribution in [0.15, 0.2) is 24.7 Å². The molecule has 3 aromatic rings. The Morgan fingerprint density at radius 2 is 1.77 bits per heavy atom. The van der Waals surface area contributed by atoms with E-state index in [4.69, 9.17) is 23.2 Å². The maximum absolute atomic E-state index is 13.4. The predicted molar refractivity (Wildman–Crippen MR) is 149 cm³/mol. The van der Waals surface area contributed by atoms with Gasteiger partial charge in [0.1, 0.15) is 21.5 Å². The number of nitrogens with one attached hydrogen (secondary N) is 2. The van der Waals surface area contributed by atoms with Crippen LogP contribution < -0.4 is 15.5 Å². The summed E-state index contributed by atoms with van der Waals surface area (Å²) in [5.41, 5.74) is -0.0815. The SMILES string of the molecule is CCc1cnc(N2CCN(C)CC2)c(Cl)c1C(=O)NC(C)c1ncc(C(=O)Nc2cc(C(F)(F)F)c(Cl)cn2)s1. The number of rotatable bonds is 7. The number of carbonyl (C=O) groups is 2. The molecule has 2 amide bonds. The summed E-state index contributed by atoms with van der Waals surface area (Å²) in [4.78, 5) is 42.9. The number of hydrogen-bond acceptors (Lipinski definition) is 8. The van der Waals surface area contributed by atoms with Crippen molar-refractivity contribution in [3.63, 3.8) is 0 Å². The van der Waals surface area contributed by atoms with Crippen molar-refractivity contribution in [3.8, 4) is 0 Å². The van der Waals surface area contributed by atoms with Crippen molar-refractivity contribution >= 4 is 58.0 Å². The Labute approximate surface area is 242 Å². The standard InChI is InChI=1S/C25H26Cl2F3N7O2S/c1-4-14-10-32-21(37-7-5-36(3)6-8-37)20(27)19(14)23(39)34-13(2)24-33-12-17(40-24)22(38)35-18-9-15(25(28,29)30)16(26)11-31-18/h9-13H,4-8H2,1-3H3,(H,34,39)(H,31,35,38). The number of likely N-dealkylation sites (N-methyl/N-ethyl adjacent to an activating group) is 1. The van der Waals surface area contributed by atoms with Crippen LogP contribution in [0.25, 0.3) is 0 Å². The first-order valence-electron chi connectivity index (χ1n) is 12.3. The van der Waals surface area contributed by atoms with Gasteiger partial charge in [-0.1, -0.05) is 30.1 Å². The van der Waals surface area contributed by atoms with Crippen LogP contribution in [0.4, 0.5) is 24.8 Å². The van der Waals surface area contributed by atoms with Gasteiger partial charge in [0.25, 0.3) is 11.8 Å². The highest BCUT2D eigenvalue weighted by molar-refractivity contribution is 7.13. The predicted octanol–water partition coefficient (Wildman–Crippen LogP) is 5.32. The number of anilines is 2. The van der Waals surface area contributed by atoms with Gasteiger partial charge in [0.15, 0.2) is 0 Å². The fourth-order valence-electron chi connectivity index (χ4n) is 4.09. The molecule has 0 aromatic carbocycles. The van der Waals surface area contributed by atoms with E-state index in [1.54, 1.807) is 13.1 Å². The minimum absolute atomic E-state index is 0.120. The molecule has 4 heterocycles. The molecule has 3 aromatic heterocycles. The van der Waals surface area contributed by atoms with E-state index < -0.39 is 34.6 Å². The number of aryl methyl sites for hydroxylation is 1. The monoisotopic (exact) mass is 615 g/mol. The third-order valence-electron chi connectivity index (χ3n) is 6.36. The van der Waals surface area contributed by atoms with Crippen molar-refractivity contribution in [2.24, 2.45) is 0 Å². The molecule has 2 N–H and O–H groups in total. The van der Waals surface area contributed by atoms with E-state index in [1.807, 2.05) is 14.0 Å². The van der Waals surface area contributed by atoms with Crippen LogP contribution >= 0.6 is 34.5 Å². The number of pyridine rings is 2. The van der Waals surface area contributed by atoms with Gasteiger partial charge in [-0.05, 0) is 32.0 Å². The molecule has 1 fully saturated rings. The summed E-state index contributed by atoms with van der Waals surface area (Å²) in [5.74, 6) is -0.859. The van der Waals surface area contributed by atoms with Gasteiger partial charge in [-0.3, -0.25) is 9.59 Å². The Morgan fingerprint density at radius 3 is 2.42 bits per heavy atom. The molecule has 15 heteroatoms. The molecule has 1 unspecified atom stereocenters. The lowest BCUT2D eigenvalue weighted by Gasteiger charge is -2.34. The van der Waals surface area contributed by atoms with E-state index in [2.05, 4.69) is 35.4 Å². The molecule has 1 atom stereocenters. The zero-order valence-corrected chi connectivity index (χ0v) is 24.1. The number of aromatic nitrogens is 3. The molecule has 0 radical (unpaired) electrons. The highest BCUT2D eigenvalue weighted by Gasteiger charge is 2.34. The number of hydrogen-bond donors (Lipinski definition) is 2. The Morgan fingerprint density at radius 1 is 1.07 bits per heavy atom. The van der Waals surface area contributed by atoms with Crippen LogP contribution in [0.5, 0.6) is 0 Å². The van der Waals surface area contributed by atoms with E-state index >= 15 is 0 Å². The summed E-state index contributed by atoms with van der Waals surface area (Å²) in [7, 11) is 2.04.